The molecule has 4 rings (SSSR count). The van der Waals surface area contributed by atoms with Crippen molar-refractivity contribution in [2.24, 2.45) is 11.8 Å². The molecule has 0 aliphatic carbocycles. The summed E-state index contributed by atoms with van der Waals surface area (Å²) in [6.45, 7) is 4.51. The molecule has 1 aromatic rings. The minimum absolute atomic E-state index is 0.00563. The Morgan fingerprint density at radius 2 is 1.68 bits per heavy atom. The largest absolute Gasteiger partial charge is 0.497 e. The Morgan fingerprint density at radius 3 is 2.38 bits per heavy atom. The van der Waals surface area contributed by atoms with Crippen LogP contribution in [0.15, 0.2) is 36.4 Å². The molecule has 12 atom stereocenters. The number of aliphatic hydroxyl groups is 5. The molecule has 0 aromatic heterocycles. The number of methoxy groups -OCH3 is 2. The van der Waals surface area contributed by atoms with Crippen molar-refractivity contribution in [2.45, 2.75) is 139 Å². The van der Waals surface area contributed by atoms with Gasteiger partial charge in [-0.2, -0.15) is 0 Å². The van der Waals surface area contributed by atoms with Gasteiger partial charge < -0.3 is 54.0 Å². The molecule has 2 saturated heterocycles. The zero-order chi connectivity index (χ0) is 34.0. The van der Waals surface area contributed by atoms with E-state index in [9.17, 15) is 25.5 Å². The lowest BCUT2D eigenvalue weighted by atomic mass is 9.86. The Bertz CT molecular complexity index is 1070. The van der Waals surface area contributed by atoms with E-state index in [4.69, 9.17) is 28.4 Å². The van der Waals surface area contributed by atoms with Gasteiger partial charge in [0.1, 0.15) is 18.0 Å². The summed E-state index contributed by atoms with van der Waals surface area (Å²) in [4.78, 5) is 0. The first kappa shape index (κ1) is 38.2. The van der Waals surface area contributed by atoms with E-state index in [1.165, 1.54) is 0 Å². The maximum Gasteiger partial charge on any atom is 0.188 e. The Kier molecular flexibility index (Phi) is 14.9. The molecule has 0 amide bonds. The van der Waals surface area contributed by atoms with Gasteiger partial charge in [-0.05, 0) is 68.7 Å². The van der Waals surface area contributed by atoms with E-state index in [0.717, 1.165) is 30.6 Å². The van der Waals surface area contributed by atoms with Crippen LogP contribution in [-0.2, 0) is 30.3 Å². The topological polar surface area (TPSA) is 157 Å². The molecule has 0 saturated carbocycles. The first-order chi connectivity index (χ1) is 22.6. The quantitative estimate of drug-likeness (QED) is 0.156. The molecule has 1 spiro atoms. The number of aliphatic hydroxyl groups excluding tert-OH is 5. The van der Waals surface area contributed by atoms with Gasteiger partial charge in [-0.3, -0.25) is 0 Å². The Hall–Kier alpha value is -1.64. The lowest BCUT2D eigenvalue weighted by Crippen LogP contribution is -2.58. The first-order valence-electron chi connectivity index (χ1n) is 17.3. The van der Waals surface area contributed by atoms with Crippen LogP contribution in [0.2, 0.25) is 0 Å². The second-order valence-corrected chi connectivity index (χ2v) is 13.7. The van der Waals surface area contributed by atoms with Gasteiger partial charge >= 0.3 is 0 Å². The fraction of sp³-hybridized carbons (Fsp3) is 0.778. The fourth-order valence-corrected chi connectivity index (χ4v) is 7.02. The molecule has 0 unspecified atom stereocenters. The third-order valence-electron chi connectivity index (χ3n) is 9.92. The summed E-state index contributed by atoms with van der Waals surface area (Å²) in [5.74, 6) is -0.768. The number of hydrogen-bond donors (Lipinski definition) is 5. The van der Waals surface area contributed by atoms with E-state index in [0.29, 0.717) is 38.7 Å². The molecule has 11 nitrogen and oxygen atoms in total. The molecule has 2 fully saturated rings. The lowest BCUT2D eigenvalue weighted by Gasteiger charge is -2.48. The summed E-state index contributed by atoms with van der Waals surface area (Å²) < 4.78 is 35.7. The average molecular weight is 667 g/mol. The van der Waals surface area contributed by atoms with Crippen molar-refractivity contribution in [3.05, 3.63) is 42.0 Å². The first-order valence-corrected chi connectivity index (χ1v) is 17.3. The van der Waals surface area contributed by atoms with Gasteiger partial charge in [-0.25, -0.2) is 0 Å². The van der Waals surface area contributed by atoms with Crippen molar-refractivity contribution >= 4 is 0 Å². The maximum absolute atomic E-state index is 11.4. The van der Waals surface area contributed by atoms with E-state index < -0.39 is 42.4 Å². The minimum Gasteiger partial charge on any atom is -0.497 e. The standard InChI is InChI=1S/C36H58O11/c1-23-12-15-36(46-32(23)20-27(39)18-26(38)19-30-7-5-6-29(45-30)14-17-37)16-13-31(43-4)35(47-36)34(41)33(40)24(2)21-44-22-25-8-10-28(42-3)11-9-25/h8-12,15,23-24,26-27,29-35,37-41H,5-7,13-14,16-22H2,1-4H3/t23-,24-,26-,27-,29-,30+,31-,32+,33-,34-,35-,36-/m0/s1. The van der Waals surface area contributed by atoms with Crippen LogP contribution >= 0.6 is 0 Å². The highest BCUT2D eigenvalue weighted by Crippen LogP contribution is 2.40. The van der Waals surface area contributed by atoms with Crippen molar-refractivity contribution in [1.29, 1.82) is 0 Å². The average Bonchev–Trinajstić information content (AvgIpc) is 3.06. The van der Waals surface area contributed by atoms with E-state index in [1.807, 2.05) is 50.3 Å². The van der Waals surface area contributed by atoms with Gasteiger partial charge in [0, 0.05) is 38.4 Å². The molecule has 47 heavy (non-hydrogen) atoms. The van der Waals surface area contributed by atoms with Gasteiger partial charge in [0.05, 0.1) is 63.1 Å². The molecular weight excluding hydrogens is 608 g/mol. The summed E-state index contributed by atoms with van der Waals surface area (Å²) in [7, 11) is 3.18. The van der Waals surface area contributed by atoms with Gasteiger partial charge in [0.25, 0.3) is 0 Å². The van der Waals surface area contributed by atoms with E-state index in [-0.39, 0.29) is 49.8 Å². The monoisotopic (exact) mass is 666 g/mol. The Labute approximate surface area is 279 Å². The zero-order valence-corrected chi connectivity index (χ0v) is 28.5. The highest BCUT2D eigenvalue weighted by molar-refractivity contribution is 5.26. The Morgan fingerprint density at radius 1 is 0.957 bits per heavy atom. The molecule has 3 aliphatic rings. The third kappa shape index (κ3) is 10.9. The molecule has 3 heterocycles. The minimum atomic E-state index is -1.26. The van der Waals surface area contributed by atoms with Crippen LogP contribution < -0.4 is 4.74 Å². The van der Waals surface area contributed by atoms with Crippen LogP contribution in [0.1, 0.15) is 77.2 Å². The van der Waals surface area contributed by atoms with Crippen LogP contribution in [-0.4, -0.2) is 114 Å². The third-order valence-corrected chi connectivity index (χ3v) is 9.92. The van der Waals surface area contributed by atoms with E-state index >= 15 is 0 Å². The normalized spacial score (nSPS) is 32.9. The molecule has 11 heteroatoms. The fourth-order valence-electron chi connectivity index (χ4n) is 7.02. The highest BCUT2D eigenvalue weighted by Gasteiger charge is 2.49. The summed E-state index contributed by atoms with van der Waals surface area (Å²) >= 11 is 0. The van der Waals surface area contributed by atoms with Crippen molar-refractivity contribution < 1.29 is 54.0 Å². The van der Waals surface area contributed by atoms with Gasteiger partial charge in [0.15, 0.2) is 5.79 Å². The molecule has 0 radical (unpaired) electrons. The van der Waals surface area contributed by atoms with Gasteiger partial charge in [-0.15, -0.1) is 0 Å². The van der Waals surface area contributed by atoms with Crippen LogP contribution in [0.4, 0.5) is 0 Å². The number of ether oxygens (including phenoxy) is 6. The number of benzene rings is 1. The van der Waals surface area contributed by atoms with Crippen LogP contribution in [0, 0.1) is 11.8 Å². The molecule has 268 valence electrons. The summed E-state index contributed by atoms with van der Waals surface area (Å²) in [5.41, 5.74) is 0.973. The predicted octanol–water partition coefficient (Wildman–Crippen LogP) is 3.26. The van der Waals surface area contributed by atoms with Crippen LogP contribution in [0.5, 0.6) is 5.75 Å². The SMILES string of the molecule is COc1ccc(COC[C@H](C)[C@H](O)[C@H](O)[C@H]2O[C@@]3(C=C[C@H](C)[C@@H](C[C@@H](O)C[C@H](O)C[C@H]4CCC[C@@H](CCO)O4)O3)CC[C@@H]2OC)cc1. The van der Waals surface area contributed by atoms with Crippen LogP contribution in [0.25, 0.3) is 0 Å². The Balaban J connectivity index is 1.29. The zero-order valence-electron chi connectivity index (χ0n) is 28.5. The molecule has 3 aliphatic heterocycles. The lowest BCUT2D eigenvalue weighted by molar-refractivity contribution is -0.319. The predicted molar refractivity (Wildman–Crippen MR) is 175 cm³/mol. The number of hydrogen-bond acceptors (Lipinski definition) is 11. The van der Waals surface area contributed by atoms with E-state index in [2.05, 4.69) is 0 Å². The summed E-state index contributed by atoms with van der Waals surface area (Å²) in [6.07, 6.45) is 3.58. The van der Waals surface area contributed by atoms with Crippen molar-refractivity contribution in [3.8, 4) is 5.75 Å². The summed E-state index contributed by atoms with van der Waals surface area (Å²) in [5, 5.41) is 53.5. The van der Waals surface area contributed by atoms with Crippen LogP contribution in [0.3, 0.4) is 0 Å². The molecule has 5 N–H and O–H groups in total. The van der Waals surface area contributed by atoms with Crippen molar-refractivity contribution in [1.82, 2.24) is 0 Å². The van der Waals surface area contributed by atoms with E-state index in [1.54, 1.807) is 14.2 Å². The van der Waals surface area contributed by atoms with Gasteiger partial charge in [0.2, 0.25) is 0 Å². The molecular formula is C36H58O11. The maximum atomic E-state index is 11.4. The molecule has 1 aromatic carbocycles. The summed E-state index contributed by atoms with van der Waals surface area (Å²) in [6, 6.07) is 7.56. The second-order valence-electron chi connectivity index (χ2n) is 13.7. The second kappa shape index (κ2) is 18.4. The van der Waals surface area contributed by atoms with Crippen molar-refractivity contribution in [2.75, 3.05) is 27.4 Å². The van der Waals surface area contributed by atoms with Crippen molar-refractivity contribution in [3.63, 3.8) is 0 Å². The highest BCUT2D eigenvalue weighted by atomic mass is 16.7. The smallest absolute Gasteiger partial charge is 0.188 e. The molecule has 0 bridgehead atoms. The van der Waals surface area contributed by atoms with Gasteiger partial charge in [-0.1, -0.05) is 32.1 Å². The number of rotatable bonds is 17.